The van der Waals surface area contributed by atoms with Gasteiger partial charge >= 0.3 is 0 Å². The molecule has 2 aliphatic heterocycles. The molecule has 0 aromatic heterocycles. The number of hydrogen-bond acceptors (Lipinski definition) is 3. The predicted octanol–water partition coefficient (Wildman–Crippen LogP) is 2.86. The molecule has 2 heterocycles. The van der Waals surface area contributed by atoms with E-state index >= 15 is 0 Å². The van der Waals surface area contributed by atoms with E-state index in [9.17, 15) is 0 Å². The van der Waals surface area contributed by atoms with Gasteiger partial charge in [-0.1, -0.05) is 23.2 Å². The maximum absolute atomic E-state index is 6.31. The maximum Gasteiger partial charge on any atom is 0.0707 e. The van der Waals surface area contributed by atoms with E-state index in [1.807, 2.05) is 18.2 Å². The Balaban J connectivity index is 1.85. The van der Waals surface area contributed by atoms with Gasteiger partial charge in [0.25, 0.3) is 0 Å². The summed E-state index contributed by atoms with van der Waals surface area (Å²) in [6, 6.07) is 5.71. The molecule has 0 amide bonds. The standard InChI is InChI=1S/C14H18Cl2N2O/c15-9-1-4-13(16)12(5-9)14(6-17)18-7-10-2-3-11(8-18)19-10/h1,4-5,10-11,14H,2-3,6-8,17H2. The fourth-order valence-corrected chi connectivity index (χ4v) is 3.57. The Kier molecular flexibility index (Phi) is 4.01. The average molecular weight is 301 g/mol. The Morgan fingerprint density at radius 3 is 2.58 bits per heavy atom. The van der Waals surface area contributed by atoms with Crippen LogP contribution >= 0.6 is 23.2 Å². The van der Waals surface area contributed by atoms with Crippen molar-refractivity contribution in [3.05, 3.63) is 33.8 Å². The van der Waals surface area contributed by atoms with Gasteiger partial charge in [0, 0.05) is 35.7 Å². The summed E-state index contributed by atoms with van der Waals surface area (Å²) in [5.74, 6) is 0. The molecule has 2 fully saturated rings. The van der Waals surface area contributed by atoms with E-state index in [1.54, 1.807) is 0 Å². The number of likely N-dealkylation sites (tertiary alicyclic amines) is 1. The SMILES string of the molecule is NCC(c1cc(Cl)ccc1Cl)N1CC2CCC(C1)O2. The number of rotatable bonds is 3. The molecule has 0 saturated carbocycles. The minimum atomic E-state index is 0.123. The van der Waals surface area contributed by atoms with Gasteiger partial charge in [-0.3, -0.25) is 4.90 Å². The number of morpholine rings is 1. The minimum absolute atomic E-state index is 0.123. The van der Waals surface area contributed by atoms with Gasteiger partial charge in [0.05, 0.1) is 12.2 Å². The van der Waals surface area contributed by atoms with Crippen LogP contribution in [-0.4, -0.2) is 36.7 Å². The molecule has 0 spiro atoms. The van der Waals surface area contributed by atoms with Gasteiger partial charge < -0.3 is 10.5 Å². The molecule has 0 radical (unpaired) electrons. The van der Waals surface area contributed by atoms with Crippen molar-refractivity contribution >= 4 is 23.2 Å². The topological polar surface area (TPSA) is 38.5 Å². The van der Waals surface area contributed by atoms with Gasteiger partial charge in [-0.2, -0.15) is 0 Å². The lowest BCUT2D eigenvalue weighted by Gasteiger charge is -2.38. The Hall–Kier alpha value is -0.320. The van der Waals surface area contributed by atoms with Crippen LogP contribution in [0.4, 0.5) is 0 Å². The molecule has 5 heteroatoms. The van der Waals surface area contributed by atoms with Crippen molar-refractivity contribution in [2.75, 3.05) is 19.6 Å². The van der Waals surface area contributed by atoms with Crippen LogP contribution in [0.3, 0.4) is 0 Å². The average Bonchev–Trinajstić information content (AvgIpc) is 2.74. The van der Waals surface area contributed by atoms with E-state index in [4.69, 9.17) is 33.7 Å². The van der Waals surface area contributed by atoms with Crippen LogP contribution in [0.25, 0.3) is 0 Å². The second kappa shape index (κ2) is 5.58. The zero-order valence-electron chi connectivity index (χ0n) is 10.7. The number of ether oxygens (including phenoxy) is 1. The summed E-state index contributed by atoms with van der Waals surface area (Å²) in [6.07, 6.45) is 3.01. The number of nitrogens with two attached hydrogens (primary N) is 1. The monoisotopic (exact) mass is 300 g/mol. The van der Waals surface area contributed by atoms with Crippen LogP contribution in [0.1, 0.15) is 24.4 Å². The lowest BCUT2D eigenvalue weighted by Crippen LogP contribution is -2.46. The Labute approximate surface area is 123 Å². The predicted molar refractivity (Wildman–Crippen MR) is 77.7 cm³/mol. The lowest BCUT2D eigenvalue weighted by molar-refractivity contribution is -0.0520. The lowest BCUT2D eigenvalue weighted by atomic mass is 10.0. The van der Waals surface area contributed by atoms with Gasteiger partial charge in [-0.15, -0.1) is 0 Å². The molecule has 19 heavy (non-hydrogen) atoms. The summed E-state index contributed by atoms with van der Waals surface area (Å²) >= 11 is 12.4. The summed E-state index contributed by atoms with van der Waals surface area (Å²) in [5, 5.41) is 1.44. The van der Waals surface area contributed by atoms with Crippen LogP contribution in [0, 0.1) is 0 Å². The molecule has 0 aliphatic carbocycles. The second-order valence-corrected chi connectivity index (χ2v) is 6.17. The summed E-state index contributed by atoms with van der Waals surface area (Å²) < 4.78 is 5.87. The highest BCUT2D eigenvalue weighted by molar-refractivity contribution is 6.33. The summed E-state index contributed by atoms with van der Waals surface area (Å²) in [4.78, 5) is 2.39. The Morgan fingerprint density at radius 2 is 1.95 bits per heavy atom. The smallest absolute Gasteiger partial charge is 0.0707 e. The highest BCUT2D eigenvalue weighted by Gasteiger charge is 2.37. The third-order valence-electron chi connectivity index (χ3n) is 4.05. The Morgan fingerprint density at radius 1 is 1.26 bits per heavy atom. The van der Waals surface area contributed by atoms with Crippen LogP contribution in [0.5, 0.6) is 0 Å². The molecular weight excluding hydrogens is 283 g/mol. The van der Waals surface area contributed by atoms with Crippen molar-refractivity contribution < 1.29 is 4.74 Å². The molecular formula is C14H18Cl2N2O. The molecule has 3 unspecified atom stereocenters. The molecule has 2 bridgehead atoms. The molecule has 1 aromatic carbocycles. The maximum atomic E-state index is 6.31. The first-order valence-electron chi connectivity index (χ1n) is 6.72. The highest BCUT2D eigenvalue weighted by atomic mass is 35.5. The molecule has 3 rings (SSSR count). The summed E-state index contributed by atoms with van der Waals surface area (Å²) in [5.41, 5.74) is 7.01. The zero-order valence-corrected chi connectivity index (χ0v) is 12.2. The quantitative estimate of drug-likeness (QED) is 0.933. The van der Waals surface area contributed by atoms with Gasteiger partial charge in [0.15, 0.2) is 0 Å². The summed E-state index contributed by atoms with van der Waals surface area (Å²) in [6.45, 7) is 2.40. The van der Waals surface area contributed by atoms with E-state index in [1.165, 1.54) is 0 Å². The largest absolute Gasteiger partial charge is 0.372 e. The number of halogens is 2. The summed E-state index contributed by atoms with van der Waals surface area (Å²) in [7, 11) is 0. The normalized spacial score (nSPS) is 28.6. The van der Waals surface area contributed by atoms with Crippen molar-refractivity contribution in [1.29, 1.82) is 0 Å². The second-order valence-electron chi connectivity index (χ2n) is 5.33. The van der Waals surface area contributed by atoms with Gasteiger partial charge in [-0.25, -0.2) is 0 Å². The number of nitrogens with zero attached hydrogens (tertiary/aromatic N) is 1. The van der Waals surface area contributed by atoms with Crippen molar-refractivity contribution in [1.82, 2.24) is 4.90 Å². The first-order chi connectivity index (χ1) is 9.17. The van der Waals surface area contributed by atoms with E-state index in [2.05, 4.69) is 4.90 Å². The van der Waals surface area contributed by atoms with Crippen LogP contribution in [0.2, 0.25) is 10.0 Å². The van der Waals surface area contributed by atoms with Crippen LogP contribution in [0.15, 0.2) is 18.2 Å². The van der Waals surface area contributed by atoms with Crippen LogP contribution in [-0.2, 0) is 4.74 Å². The van der Waals surface area contributed by atoms with Crippen molar-refractivity contribution in [3.63, 3.8) is 0 Å². The fourth-order valence-electron chi connectivity index (χ4n) is 3.14. The third-order valence-corrected chi connectivity index (χ3v) is 4.63. The van der Waals surface area contributed by atoms with Gasteiger partial charge in [0.1, 0.15) is 0 Å². The third kappa shape index (κ3) is 2.76. The van der Waals surface area contributed by atoms with E-state index in [0.29, 0.717) is 23.8 Å². The number of hydrogen-bond donors (Lipinski definition) is 1. The fraction of sp³-hybridized carbons (Fsp3) is 0.571. The molecule has 3 atom stereocenters. The van der Waals surface area contributed by atoms with E-state index in [0.717, 1.165) is 36.5 Å². The first kappa shape index (κ1) is 13.7. The molecule has 1 aromatic rings. The van der Waals surface area contributed by atoms with Crippen molar-refractivity contribution in [2.24, 2.45) is 5.73 Å². The zero-order chi connectivity index (χ0) is 13.4. The molecule has 2 N–H and O–H groups in total. The number of benzene rings is 1. The number of fused-ring (bicyclic) bond motifs is 2. The molecule has 2 aliphatic rings. The van der Waals surface area contributed by atoms with E-state index in [-0.39, 0.29) is 6.04 Å². The van der Waals surface area contributed by atoms with Crippen LogP contribution < -0.4 is 5.73 Å². The first-order valence-corrected chi connectivity index (χ1v) is 7.47. The Bertz CT molecular complexity index is 457. The minimum Gasteiger partial charge on any atom is -0.372 e. The molecule has 104 valence electrons. The molecule has 3 nitrogen and oxygen atoms in total. The van der Waals surface area contributed by atoms with Crippen molar-refractivity contribution in [3.8, 4) is 0 Å². The van der Waals surface area contributed by atoms with Crippen molar-refractivity contribution in [2.45, 2.75) is 31.1 Å². The van der Waals surface area contributed by atoms with Gasteiger partial charge in [-0.05, 0) is 36.6 Å². The van der Waals surface area contributed by atoms with Gasteiger partial charge in [0.2, 0.25) is 0 Å². The highest BCUT2D eigenvalue weighted by Crippen LogP contribution is 2.34. The molecule has 2 saturated heterocycles. The van der Waals surface area contributed by atoms with E-state index < -0.39 is 0 Å².